The summed E-state index contributed by atoms with van der Waals surface area (Å²) >= 11 is 0. The molecule has 0 aliphatic carbocycles. The summed E-state index contributed by atoms with van der Waals surface area (Å²) in [7, 11) is 3.06. The molecule has 0 radical (unpaired) electrons. The average molecular weight is 288 g/mol. The van der Waals surface area contributed by atoms with Gasteiger partial charge in [-0.05, 0) is 36.8 Å². The number of hydrogen-bond acceptors (Lipinski definition) is 4. The molecule has 0 saturated carbocycles. The van der Waals surface area contributed by atoms with Gasteiger partial charge in [0.2, 0.25) is 5.75 Å². The molecule has 0 spiro atoms. The number of carboxylic acid groups (broad SMARTS) is 1. The Balaban J connectivity index is 2.47. The van der Waals surface area contributed by atoms with Crippen molar-refractivity contribution < 1.29 is 24.1 Å². The number of ether oxygens (including phenoxy) is 3. The van der Waals surface area contributed by atoms with E-state index in [0.29, 0.717) is 23.0 Å². The summed E-state index contributed by atoms with van der Waals surface area (Å²) in [5, 5.41) is 9.06. The van der Waals surface area contributed by atoms with Crippen molar-refractivity contribution in [3.8, 4) is 23.0 Å². The maximum Gasteiger partial charge on any atom is 0.335 e. The number of carboxylic acids is 1. The predicted molar refractivity (Wildman–Crippen MR) is 77.8 cm³/mol. The summed E-state index contributed by atoms with van der Waals surface area (Å²) in [4.78, 5) is 11.1. The molecule has 5 nitrogen and oxygen atoms in total. The van der Waals surface area contributed by atoms with Gasteiger partial charge in [-0.1, -0.05) is 12.1 Å². The number of carbonyl (C=O) groups is 1. The first-order valence-corrected chi connectivity index (χ1v) is 6.29. The highest BCUT2D eigenvalue weighted by Crippen LogP contribution is 2.40. The Kier molecular flexibility index (Phi) is 4.33. The standard InChI is InChI=1S/C16H16O5/c1-10-7-8-11(16(17)18)9-14(10)21-15-12(19-2)5-4-6-13(15)20-3/h4-9H,1-3H3,(H,17,18). The Morgan fingerprint density at radius 3 is 2.14 bits per heavy atom. The van der Waals surface area contributed by atoms with E-state index in [4.69, 9.17) is 19.3 Å². The smallest absolute Gasteiger partial charge is 0.335 e. The third-order valence-electron chi connectivity index (χ3n) is 3.03. The van der Waals surface area contributed by atoms with Crippen LogP contribution in [-0.4, -0.2) is 25.3 Å². The van der Waals surface area contributed by atoms with Crippen LogP contribution in [0, 0.1) is 6.92 Å². The first-order valence-electron chi connectivity index (χ1n) is 6.29. The van der Waals surface area contributed by atoms with Crippen LogP contribution < -0.4 is 14.2 Å². The molecule has 0 atom stereocenters. The Morgan fingerprint density at radius 2 is 1.62 bits per heavy atom. The van der Waals surface area contributed by atoms with Crippen LogP contribution in [0.3, 0.4) is 0 Å². The van der Waals surface area contributed by atoms with Crippen molar-refractivity contribution in [2.45, 2.75) is 6.92 Å². The van der Waals surface area contributed by atoms with Crippen molar-refractivity contribution in [3.05, 3.63) is 47.5 Å². The molecule has 0 aromatic heterocycles. The molecule has 21 heavy (non-hydrogen) atoms. The Labute approximate surface area is 122 Å². The van der Waals surface area contributed by atoms with Crippen molar-refractivity contribution >= 4 is 5.97 Å². The van der Waals surface area contributed by atoms with Crippen molar-refractivity contribution in [1.29, 1.82) is 0 Å². The van der Waals surface area contributed by atoms with Gasteiger partial charge in [0.25, 0.3) is 0 Å². The van der Waals surface area contributed by atoms with Crippen LogP contribution in [0.5, 0.6) is 23.0 Å². The minimum atomic E-state index is -1.01. The summed E-state index contributed by atoms with van der Waals surface area (Å²) in [5.74, 6) is 0.863. The van der Waals surface area contributed by atoms with E-state index in [1.165, 1.54) is 26.4 Å². The third-order valence-corrected chi connectivity index (χ3v) is 3.03. The molecule has 2 aromatic carbocycles. The van der Waals surface area contributed by atoms with E-state index in [9.17, 15) is 4.79 Å². The minimum absolute atomic E-state index is 0.157. The van der Waals surface area contributed by atoms with Crippen LogP contribution in [0.2, 0.25) is 0 Å². The van der Waals surface area contributed by atoms with Gasteiger partial charge in [0.1, 0.15) is 5.75 Å². The number of aryl methyl sites for hydroxylation is 1. The Bertz CT molecular complexity index is 641. The van der Waals surface area contributed by atoms with Crippen LogP contribution in [-0.2, 0) is 0 Å². The maximum absolute atomic E-state index is 11.1. The van der Waals surface area contributed by atoms with E-state index in [0.717, 1.165) is 5.56 Å². The zero-order chi connectivity index (χ0) is 15.4. The summed E-state index contributed by atoms with van der Waals surface area (Å²) in [6, 6.07) is 9.97. The molecule has 110 valence electrons. The van der Waals surface area contributed by atoms with E-state index in [1.54, 1.807) is 24.3 Å². The number of benzene rings is 2. The van der Waals surface area contributed by atoms with Gasteiger partial charge >= 0.3 is 5.97 Å². The molecular formula is C16H16O5. The molecule has 2 rings (SSSR count). The molecule has 0 unspecified atom stereocenters. The van der Waals surface area contributed by atoms with Gasteiger partial charge in [0, 0.05) is 0 Å². The number of hydrogen-bond donors (Lipinski definition) is 1. The highest BCUT2D eigenvalue weighted by Gasteiger charge is 2.15. The molecule has 0 amide bonds. The lowest BCUT2D eigenvalue weighted by atomic mass is 10.1. The zero-order valence-electron chi connectivity index (χ0n) is 12.0. The zero-order valence-corrected chi connectivity index (χ0v) is 12.0. The lowest BCUT2D eigenvalue weighted by Gasteiger charge is -2.15. The van der Waals surface area contributed by atoms with Crippen molar-refractivity contribution in [3.63, 3.8) is 0 Å². The van der Waals surface area contributed by atoms with E-state index in [-0.39, 0.29) is 5.56 Å². The van der Waals surface area contributed by atoms with Gasteiger partial charge in [-0.15, -0.1) is 0 Å². The van der Waals surface area contributed by atoms with Crippen molar-refractivity contribution in [2.24, 2.45) is 0 Å². The molecule has 0 aliphatic rings. The van der Waals surface area contributed by atoms with E-state index < -0.39 is 5.97 Å². The van der Waals surface area contributed by atoms with Gasteiger partial charge in [-0.25, -0.2) is 4.79 Å². The van der Waals surface area contributed by atoms with E-state index in [1.807, 2.05) is 6.92 Å². The fourth-order valence-electron chi connectivity index (χ4n) is 1.87. The molecular weight excluding hydrogens is 272 g/mol. The second-order valence-corrected chi connectivity index (χ2v) is 4.38. The highest BCUT2D eigenvalue weighted by molar-refractivity contribution is 5.88. The summed E-state index contributed by atoms with van der Waals surface area (Å²) < 4.78 is 16.3. The molecule has 0 saturated heterocycles. The molecule has 0 bridgehead atoms. The maximum atomic E-state index is 11.1. The quantitative estimate of drug-likeness (QED) is 0.912. The summed E-state index contributed by atoms with van der Waals surface area (Å²) in [6.45, 7) is 1.84. The first-order chi connectivity index (χ1) is 10.1. The molecule has 2 aromatic rings. The lowest BCUT2D eigenvalue weighted by molar-refractivity contribution is 0.0696. The number of methoxy groups -OCH3 is 2. The van der Waals surface area contributed by atoms with Crippen LogP contribution in [0.25, 0.3) is 0 Å². The van der Waals surface area contributed by atoms with Crippen LogP contribution >= 0.6 is 0 Å². The minimum Gasteiger partial charge on any atom is -0.493 e. The summed E-state index contributed by atoms with van der Waals surface area (Å²) in [6.07, 6.45) is 0. The number of para-hydroxylation sites is 1. The molecule has 1 N–H and O–H groups in total. The molecule has 0 fully saturated rings. The fourth-order valence-corrected chi connectivity index (χ4v) is 1.87. The molecule has 0 aliphatic heterocycles. The van der Waals surface area contributed by atoms with Crippen LogP contribution in [0.4, 0.5) is 0 Å². The average Bonchev–Trinajstić information content (AvgIpc) is 2.49. The molecule has 0 heterocycles. The number of rotatable bonds is 5. The Morgan fingerprint density at radius 1 is 1.00 bits per heavy atom. The van der Waals surface area contributed by atoms with Gasteiger partial charge in [0.05, 0.1) is 19.8 Å². The van der Waals surface area contributed by atoms with Gasteiger partial charge in [-0.3, -0.25) is 0 Å². The van der Waals surface area contributed by atoms with Crippen molar-refractivity contribution in [2.75, 3.05) is 14.2 Å². The van der Waals surface area contributed by atoms with Gasteiger partial charge < -0.3 is 19.3 Å². The van der Waals surface area contributed by atoms with Gasteiger partial charge in [0.15, 0.2) is 11.5 Å². The second kappa shape index (κ2) is 6.17. The van der Waals surface area contributed by atoms with E-state index in [2.05, 4.69) is 0 Å². The largest absolute Gasteiger partial charge is 0.493 e. The second-order valence-electron chi connectivity index (χ2n) is 4.38. The normalized spacial score (nSPS) is 10.0. The highest BCUT2D eigenvalue weighted by atomic mass is 16.5. The first kappa shape index (κ1) is 14.7. The fraction of sp³-hybridized carbons (Fsp3) is 0.188. The number of aromatic carboxylic acids is 1. The Hall–Kier alpha value is -2.69. The monoisotopic (exact) mass is 288 g/mol. The van der Waals surface area contributed by atoms with Crippen LogP contribution in [0.15, 0.2) is 36.4 Å². The third kappa shape index (κ3) is 3.08. The molecule has 5 heteroatoms. The van der Waals surface area contributed by atoms with Crippen LogP contribution in [0.1, 0.15) is 15.9 Å². The lowest BCUT2D eigenvalue weighted by Crippen LogP contribution is -1.99. The van der Waals surface area contributed by atoms with Crippen molar-refractivity contribution in [1.82, 2.24) is 0 Å². The van der Waals surface area contributed by atoms with E-state index >= 15 is 0 Å². The topological polar surface area (TPSA) is 65.0 Å². The van der Waals surface area contributed by atoms with Gasteiger partial charge in [-0.2, -0.15) is 0 Å². The SMILES string of the molecule is COc1cccc(OC)c1Oc1cc(C(=O)O)ccc1C. The predicted octanol–water partition coefficient (Wildman–Crippen LogP) is 3.50. The summed E-state index contributed by atoms with van der Waals surface area (Å²) in [5.41, 5.74) is 0.970.